The lowest BCUT2D eigenvalue weighted by molar-refractivity contribution is 0.422. The van der Waals surface area contributed by atoms with E-state index < -0.39 is 0 Å². The summed E-state index contributed by atoms with van der Waals surface area (Å²) in [6.07, 6.45) is 5.07. The van der Waals surface area contributed by atoms with Crippen molar-refractivity contribution in [3.05, 3.63) is 18.0 Å². The zero-order valence-corrected chi connectivity index (χ0v) is 8.96. The number of rotatable bonds is 4. The maximum Gasteiger partial charge on any atom is 0.0522 e. The van der Waals surface area contributed by atoms with Gasteiger partial charge in [0.05, 0.1) is 6.20 Å². The van der Waals surface area contributed by atoms with Crippen LogP contribution in [0.25, 0.3) is 0 Å². The lowest BCUT2D eigenvalue weighted by atomic mass is 9.97. The molecule has 1 aromatic rings. The van der Waals surface area contributed by atoms with Crippen LogP contribution >= 0.6 is 0 Å². The quantitative estimate of drug-likeness (QED) is 0.761. The first-order chi connectivity index (χ1) is 6.07. The van der Waals surface area contributed by atoms with Gasteiger partial charge in [-0.05, 0) is 39.8 Å². The maximum absolute atomic E-state index is 4.24. The molecule has 3 heteroatoms. The Bertz CT molecular complexity index is 263. The summed E-state index contributed by atoms with van der Waals surface area (Å²) in [5, 5.41) is 7.52. The van der Waals surface area contributed by atoms with Gasteiger partial charge in [0, 0.05) is 18.3 Å². The van der Waals surface area contributed by atoms with Crippen LogP contribution in [0, 0.1) is 0 Å². The van der Waals surface area contributed by atoms with Crippen LogP contribution in [-0.4, -0.2) is 22.4 Å². The van der Waals surface area contributed by atoms with E-state index in [1.807, 2.05) is 17.9 Å². The van der Waals surface area contributed by atoms with Crippen LogP contribution in [0.3, 0.4) is 0 Å². The number of likely N-dealkylation sites (N-methyl/N-ethyl adjacent to an activating group) is 1. The molecule has 0 unspecified atom stereocenters. The average molecular weight is 181 g/mol. The maximum atomic E-state index is 4.24. The summed E-state index contributed by atoms with van der Waals surface area (Å²) in [5.74, 6) is 0. The molecule has 0 amide bonds. The molecule has 0 aromatic carbocycles. The van der Waals surface area contributed by atoms with Crippen molar-refractivity contribution in [3.8, 4) is 0 Å². The van der Waals surface area contributed by atoms with E-state index in [-0.39, 0.29) is 5.54 Å². The third-order valence-corrected chi connectivity index (χ3v) is 2.33. The number of hydrogen-bond acceptors (Lipinski definition) is 2. The summed E-state index contributed by atoms with van der Waals surface area (Å²) >= 11 is 0. The number of nitrogens with one attached hydrogen (secondary N) is 1. The summed E-state index contributed by atoms with van der Waals surface area (Å²) in [4.78, 5) is 0. The predicted molar refractivity (Wildman–Crippen MR) is 54.7 cm³/mol. The number of aromatic nitrogens is 2. The van der Waals surface area contributed by atoms with Gasteiger partial charge >= 0.3 is 0 Å². The Morgan fingerprint density at radius 1 is 1.54 bits per heavy atom. The third-order valence-electron chi connectivity index (χ3n) is 2.33. The van der Waals surface area contributed by atoms with E-state index in [4.69, 9.17) is 0 Å². The average Bonchev–Trinajstić information content (AvgIpc) is 2.52. The van der Waals surface area contributed by atoms with Crippen LogP contribution in [0.15, 0.2) is 12.4 Å². The Morgan fingerprint density at radius 3 is 2.69 bits per heavy atom. The molecule has 74 valence electrons. The normalized spacial score (nSPS) is 12.0. The van der Waals surface area contributed by atoms with E-state index in [1.165, 1.54) is 5.56 Å². The molecule has 1 rings (SSSR count). The summed E-state index contributed by atoms with van der Waals surface area (Å²) < 4.78 is 1.96. The molecule has 1 N–H and O–H groups in total. The number of nitrogens with zero attached hydrogens (tertiary/aromatic N) is 2. The van der Waals surface area contributed by atoms with E-state index in [2.05, 4.69) is 37.4 Å². The molecule has 0 spiro atoms. The summed E-state index contributed by atoms with van der Waals surface area (Å²) in [6.45, 7) is 7.42. The van der Waals surface area contributed by atoms with E-state index >= 15 is 0 Å². The molecule has 3 nitrogen and oxygen atoms in total. The molecule has 0 atom stereocenters. The molecule has 13 heavy (non-hydrogen) atoms. The number of aryl methyl sites for hydroxylation is 1. The minimum absolute atomic E-state index is 0.154. The minimum Gasteiger partial charge on any atom is -0.314 e. The van der Waals surface area contributed by atoms with Crippen molar-refractivity contribution in [1.29, 1.82) is 0 Å². The summed E-state index contributed by atoms with van der Waals surface area (Å²) in [7, 11) is 1.99. The topological polar surface area (TPSA) is 29.9 Å². The van der Waals surface area contributed by atoms with Crippen molar-refractivity contribution >= 4 is 0 Å². The molecular formula is C10H19N3. The number of hydrogen-bond donors (Lipinski definition) is 1. The standard InChI is InChI=1S/C10H19N3/c1-5-13-8-9(7-12-13)6-10(2,3)11-4/h7-8,11H,5-6H2,1-4H3. The van der Waals surface area contributed by atoms with Gasteiger partial charge in [-0.25, -0.2) is 0 Å². The van der Waals surface area contributed by atoms with Gasteiger partial charge in [-0.2, -0.15) is 5.10 Å². The molecule has 0 saturated heterocycles. The fraction of sp³-hybridized carbons (Fsp3) is 0.700. The van der Waals surface area contributed by atoms with Gasteiger partial charge in [0.2, 0.25) is 0 Å². The zero-order chi connectivity index (χ0) is 9.90. The highest BCUT2D eigenvalue weighted by Gasteiger charge is 2.15. The summed E-state index contributed by atoms with van der Waals surface area (Å²) in [6, 6.07) is 0. The minimum atomic E-state index is 0.154. The van der Waals surface area contributed by atoms with Gasteiger partial charge in [0.1, 0.15) is 0 Å². The predicted octanol–water partition coefficient (Wildman–Crippen LogP) is 1.44. The van der Waals surface area contributed by atoms with Crippen molar-refractivity contribution in [1.82, 2.24) is 15.1 Å². The Kier molecular flexibility index (Phi) is 3.09. The van der Waals surface area contributed by atoms with Crippen molar-refractivity contribution in [3.63, 3.8) is 0 Å². The molecule has 0 aliphatic carbocycles. The van der Waals surface area contributed by atoms with Crippen molar-refractivity contribution in [2.24, 2.45) is 0 Å². The second-order valence-corrected chi connectivity index (χ2v) is 4.01. The zero-order valence-electron chi connectivity index (χ0n) is 8.96. The third kappa shape index (κ3) is 2.84. The monoisotopic (exact) mass is 181 g/mol. The fourth-order valence-corrected chi connectivity index (χ4v) is 1.27. The van der Waals surface area contributed by atoms with Crippen LogP contribution in [0.1, 0.15) is 26.3 Å². The van der Waals surface area contributed by atoms with Gasteiger partial charge in [-0.1, -0.05) is 0 Å². The van der Waals surface area contributed by atoms with Crippen LogP contribution in [0.2, 0.25) is 0 Å². The molecule has 0 aliphatic heterocycles. The van der Waals surface area contributed by atoms with Crippen LogP contribution in [0.4, 0.5) is 0 Å². The highest BCUT2D eigenvalue weighted by molar-refractivity contribution is 5.08. The van der Waals surface area contributed by atoms with E-state index in [0.717, 1.165) is 13.0 Å². The molecule has 0 aliphatic rings. The van der Waals surface area contributed by atoms with Crippen LogP contribution in [0.5, 0.6) is 0 Å². The largest absolute Gasteiger partial charge is 0.314 e. The van der Waals surface area contributed by atoms with E-state index in [9.17, 15) is 0 Å². The highest BCUT2D eigenvalue weighted by atomic mass is 15.3. The Labute approximate surface area is 80.1 Å². The molecular weight excluding hydrogens is 162 g/mol. The van der Waals surface area contributed by atoms with Crippen molar-refractivity contribution in [2.75, 3.05) is 7.05 Å². The first-order valence-electron chi connectivity index (χ1n) is 4.77. The highest BCUT2D eigenvalue weighted by Crippen LogP contribution is 2.10. The van der Waals surface area contributed by atoms with Gasteiger partial charge in [-0.3, -0.25) is 4.68 Å². The molecule has 0 bridgehead atoms. The van der Waals surface area contributed by atoms with E-state index in [1.54, 1.807) is 0 Å². The molecule has 1 aromatic heterocycles. The smallest absolute Gasteiger partial charge is 0.0522 e. The van der Waals surface area contributed by atoms with Gasteiger partial charge in [0.15, 0.2) is 0 Å². The second-order valence-electron chi connectivity index (χ2n) is 4.01. The molecule has 0 fully saturated rings. The SMILES string of the molecule is CCn1cc(CC(C)(C)NC)cn1. The first kappa shape index (κ1) is 10.3. The van der Waals surface area contributed by atoms with Gasteiger partial charge < -0.3 is 5.32 Å². The van der Waals surface area contributed by atoms with Crippen LogP contribution < -0.4 is 5.32 Å². The van der Waals surface area contributed by atoms with Crippen LogP contribution in [-0.2, 0) is 13.0 Å². The molecule has 0 radical (unpaired) electrons. The summed E-state index contributed by atoms with van der Waals surface area (Å²) in [5.41, 5.74) is 1.45. The molecule has 1 heterocycles. The fourth-order valence-electron chi connectivity index (χ4n) is 1.27. The first-order valence-corrected chi connectivity index (χ1v) is 4.77. The lowest BCUT2D eigenvalue weighted by Crippen LogP contribution is -2.38. The van der Waals surface area contributed by atoms with Crippen molar-refractivity contribution < 1.29 is 0 Å². The molecule has 0 saturated carbocycles. The Balaban J connectivity index is 2.63. The second kappa shape index (κ2) is 3.92. The van der Waals surface area contributed by atoms with Gasteiger partial charge in [0.25, 0.3) is 0 Å². The van der Waals surface area contributed by atoms with E-state index in [0.29, 0.717) is 0 Å². The Morgan fingerprint density at radius 2 is 2.23 bits per heavy atom. The van der Waals surface area contributed by atoms with Gasteiger partial charge in [-0.15, -0.1) is 0 Å². The Hall–Kier alpha value is -0.830. The van der Waals surface area contributed by atoms with Crippen molar-refractivity contribution in [2.45, 2.75) is 39.3 Å². The lowest BCUT2D eigenvalue weighted by Gasteiger charge is -2.22.